The Balaban J connectivity index is 3.09. The number of hydrogen-bond donors (Lipinski definition) is 0. The van der Waals surface area contributed by atoms with E-state index in [1.165, 1.54) is 0 Å². The van der Waals surface area contributed by atoms with Crippen molar-refractivity contribution in [2.24, 2.45) is 0 Å². The molecule has 0 saturated heterocycles. The lowest BCUT2D eigenvalue weighted by atomic mass is 9.96. The first-order valence-corrected chi connectivity index (χ1v) is 8.26. The van der Waals surface area contributed by atoms with Gasteiger partial charge in [-0.15, -0.1) is 0 Å². The normalized spacial score (nSPS) is 12.9. The standard InChI is InChI=1S/C16H27NO2Si/c1-15(2,3)20-19-16(4,5)13-8-12(11-18)9-14(10-13)17(6)7/h8-11H,20H2,1-7H3. The minimum Gasteiger partial charge on any atom is -0.415 e. The molecule has 0 atom stereocenters. The van der Waals surface area contributed by atoms with Crippen LogP contribution in [0.15, 0.2) is 18.2 Å². The van der Waals surface area contributed by atoms with E-state index in [0.29, 0.717) is 5.56 Å². The molecule has 0 N–H and O–H groups in total. The molecule has 0 aliphatic carbocycles. The molecule has 112 valence electrons. The van der Waals surface area contributed by atoms with E-state index in [1.807, 2.05) is 31.1 Å². The summed E-state index contributed by atoms with van der Waals surface area (Å²) in [5.41, 5.74) is 2.42. The fourth-order valence-corrected chi connectivity index (χ4v) is 2.75. The highest BCUT2D eigenvalue weighted by Crippen LogP contribution is 2.31. The van der Waals surface area contributed by atoms with E-state index in [4.69, 9.17) is 4.43 Å². The molecule has 0 aromatic heterocycles. The summed E-state index contributed by atoms with van der Waals surface area (Å²) in [4.78, 5) is 13.1. The molecule has 4 heteroatoms. The number of hydrogen-bond acceptors (Lipinski definition) is 3. The van der Waals surface area contributed by atoms with Gasteiger partial charge in [0.2, 0.25) is 0 Å². The van der Waals surface area contributed by atoms with Crippen molar-refractivity contribution in [3.05, 3.63) is 29.3 Å². The Morgan fingerprint density at radius 1 is 1.10 bits per heavy atom. The molecule has 0 unspecified atom stereocenters. The van der Waals surface area contributed by atoms with E-state index in [2.05, 4.69) is 40.7 Å². The van der Waals surface area contributed by atoms with Crippen LogP contribution in [0.1, 0.15) is 50.5 Å². The Hall–Kier alpha value is -1.13. The zero-order valence-corrected chi connectivity index (χ0v) is 15.2. The Labute approximate surface area is 125 Å². The van der Waals surface area contributed by atoms with Gasteiger partial charge in [-0.3, -0.25) is 4.79 Å². The molecule has 1 aromatic carbocycles. The number of nitrogens with zero attached hydrogens (tertiary/aromatic N) is 1. The maximum atomic E-state index is 11.1. The second-order valence-electron chi connectivity index (χ2n) is 7.19. The predicted octanol–water partition coefficient (Wildman–Crippen LogP) is 3.12. The van der Waals surface area contributed by atoms with Crippen molar-refractivity contribution in [2.45, 2.75) is 45.3 Å². The van der Waals surface area contributed by atoms with Gasteiger partial charge in [0.15, 0.2) is 9.76 Å². The zero-order valence-electron chi connectivity index (χ0n) is 13.8. The van der Waals surface area contributed by atoms with Gasteiger partial charge in [-0.25, -0.2) is 0 Å². The molecule has 3 nitrogen and oxygen atoms in total. The van der Waals surface area contributed by atoms with Crippen LogP contribution in [0.4, 0.5) is 5.69 Å². The van der Waals surface area contributed by atoms with E-state index in [0.717, 1.165) is 17.5 Å². The monoisotopic (exact) mass is 293 g/mol. The summed E-state index contributed by atoms with van der Waals surface area (Å²) in [6.07, 6.45) is 0.897. The summed E-state index contributed by atoms with van der Waals surface area (Å²) in [5.74, 6) is 0. The van der Waals surface area contributed by atoms with Gasteiger partial charge in [0.25, 0.3) is 0 Å². The van der Waals surface area contributed by atoms with Crippen LogP contribution in [0.5, 0.6) is 0 Å². The topological polar surface area (TPSA) is 29.5 Å². The van der Waals surface area contributed by atoms with Gasteiger partial charge in [0, 0.05) is 25.3 Å². The van der Waals surface area contributed by atoms with Crippen molar-refractivity contribution < 1.29 is 9.22 Å². The van der Waals surface area contributed by atoms with Crippen LogP contribution >= 0.6 is 0 Å². The number of aldehydes is 1. The Morgan fingerprint density at radius 3 is 2.15 bits per heavy atom. The maximum absolute atomic E-state index is 11.1. The molecule has 0 bridgehead atoms. The summed E-state index contributed by atoms with van der Waals surface area (Å²) in [5, 5.41) is 0.254. The van der Waals surface area contributed by atoms with E-state index in [1.54, 1.807) is 0 Å². The molecule has 0 aliphatic heterocycles. The minimum atomic E-state index is -0.651. The Kier molecular flexibility index (Phi) is 5.16. The second-order valence-corrected chi connectivity index (χ2v) is 9.88. The van der Waals surface area contributed by atoms with Gasteiger partial charge in [-0.05, 0) is 42.6 Å². The Morgan fingerprint density at radius 2 is 1.70 bits per heavy atom. The zero-order chi connectivity index (χ0) is 15.6. The van der Waals surface area contributed by atoms with Crippen LogP contribution in [0.25, 0.3) is 0 Å². The average Bonchev–Trinajstić information content (AvgIpc) is 2.35. The van der Waals surface area contributed by atoms with Crippen molar-refractivity contribution in [3.8, 4) is 0 Å². The van der Waals surface area contributed by atoms with E-state index in [-0.39, 0.29) is 10.6 Å². The Bertz CT molecular complexity index is 476. The first-order chi connectivity index (χ1) is 9.05. The lowest BCUT2D eigenvalue weighted by Crippen LogP contribution is -2.28. The summed E-state index contributed by atoms with van der Waals surface area (Å²) < 4.78 is 6.22. The fraction of sp³-hybridized carbons (Fsp3) is 0.562. The highest BCUT2D eigenvalue weighted by atomic mass is 28.2. The highest BCUT2D eigenvalue weighted by molar-refractivity contribution is 6.31. The summed E-state index contributed by atoms with van der Waals surface area (Å²) in [6, 6.07) is 5.93. The van der Waals surface area contributed by atoms with Crippen molar-refractivity contribution in [1.29, 1.82) is 0 Å². The van der Waals surface area contributed by atoms with E-state index in [9.17, 15) is 4.79 Å². The van der Waals surface area contributed by atoms with Crippen molar-refractivity contribution in [1.82, 2.24) is 0 Å². The van der Waals surface area contributed by atoms with Crippen LogP contribution in [0.2, 0.25) is 5.04 Å². The van der Waals surface area contributed by atoms with Crippen molar-refractivity contribution in [3.63, 3.8) is 0 Å². The van der Waals surface area contributed by atoms with Crippen LogP contribution in [-0.4, -0.2) is 30.1 Å². The molecule has 20 heavy (non-hydrogen) atoms. The number of benzene rings is 1. The van der Waals surface area contributed by atoms with Gasteiger partial charge in [0.05, 0.1) is 5.60 Å². The number of anilines is 1. The van der Waals surface area contributed by atoms with Crippen LogP contribution in [-0.2, 0) is 10.0 Å². The first kappa shape index (κ1) is 16.9. The molecule has 0 heterocycles. The lowest BCUT2D eigenvalue weighted by molar-refractivity contribution is 0.109. The molecule has 0 fully saturated rings. The molecule has 0 spiro atoms. The van der Waals surface area contributed by atoms with Gasteiger partial charge < -0.3 is 9.33 Å². The van der Waals surface area contributed by atoms with Gasteiger partial charge in [-0.1, -0.05) is 20.8 Å². The third-order valence-electron chi connectivity index (χ3n) is 3.15. The third-order valence-corrected chi connectivity index (χ3v) is 4.89. The average molecular weight is 293 g/mol. The summed E-state index contributed by atoms with van der Waals surface area (Å²) >= 11 is 0. The largest absolute Gasteiger partial charge is 0.415 e. The summed E-state index contributed by atoms with van der Waals surface area (Å²) in [7, 11) is 3.30. The fourth-order valence-electron chi connectivity index (χ4n) is 1.79. The molecule has 0 radical (unpaired) electrons. The second kappa shape index (κ2) is 6.10. The molecular weight excluding hydrogens is 266 g/mol. The van der Waals surface area contributed by atoms with Gasteiger partial charge in [-0.2, -0.15) is 0 Å². The quantitative estimate of drug-likeness (QED) is 0.617. The van der Waals surface area contributed by atoms with Crippen LogP contribution < -0.4 is 4.90 Å². The molecule has 0 amide bonds. The third kappa shape index (κ3) is 4.76. The van der Waals surface area contributed by atoms with Gasteiger partial charge >= 0.3 is 0 Å². The van der Waals surface area contributed by atoms with Crippen molar-refractivity contribution >= 4 is 21.7 Å². The first-order valence-electron chi connectivity index (χ1n) is 6.97. The molecule has 0 aliphatic rings. The number of carbonyl (C=O) groups is 1. The van der Waals surface area contributed by atoms with Gasteiger partial charge in [0.1, 0.15) is 6.29 Å². The van der Waals surface area contributed by atoms with Crippen molar-refractivity contribution in [2.75, 3.05) is 19.0 Å². The smallest absolute Gasteiger partial charge is 0.168 e. The predicted molar refractivity (Wildman–Crippen MR) is 88.5 cm³/mol. The molecule has 1 rings (SSSR count). The van der Waals surface area contributed by atoms with E-state index >= 15 is 0 Å². The SMILES string of the molecule is CN(C)c1cc(C=O)cc(C(C)(C)O[SiH2]C(C)(C)C)c1. The highest BCUT2D eigenvalue weighted by Gasteiger charge is 2.25. The molecule has 1 aromatic rings. The number of carbonyl (C=O) groups excluding carboxylic acids is 1. The minimum absolute atomic E-state index is 0.254. The summed E-state index contributed by atoms with van der Waals surface area (Å²) in [6.45, 7) is 10.8. The lowest BCUT2D eigenvalue weighted by Gasteiger charge is -2.31. The van der Waals surface area contributed by atoms with Crippen LogP contribution in [0, 0.1) is 0 Å². The maximum Gasteiger partial charge on any atom is 0.168 e. The molecular formula is C16H27NO2Si. The molecule has 0 saturated carbocycles. The number of rotatable bonds is 5. The van der Waals surface area contributed by atoms with E-state index < -0.39 is 9.76 Å². The van der Waals surface area contributed by atoms with Crippen LogP contribution in [0.3, 0.4) is 0 Å².